The number of hydrogen-bond acceptors (Lipinski definition) is 7. The Kier molecular flexibility index (Phi) is 4.32. The zero-order valence-electron chi connectivity index (χ0n) is 18.0. The van der Waals surface area contributed by atoms with E-state index >= 15 is 4.39 Å². The maximum atomic E-state index is 15.1. The molecule has 4 aliphatic rings. The molecule has 3 aliphatic heterocycles. The Labute approximate surface area is 180 Å². The van der Waals surface area contributed by atoms with Crippen LogP contribution in [0, 0.1) is 16.6 Å². The average Bonchev–Trinajstić information content (AvgIpc) is 3.27. The fraction of sp³-hybridized carbons (Fsp3) is 0.636. The van der Waals surface area contributed by atoms with Crippen molar-refractivity contribution in [1.29, 1.82) is 0 Å². The third-order valence-corrected chi connectivity index (χ3v) is 7.02. The van der Waals surface area contributed by atoms with E-state index in [2.05, 4.69) is 15.2 Å². The van der Waals surface area contributed by atoms with Crippen LogP contribution < -0.4 is 9.80 Å². The first-order valence-electron chi connectivity index (χ1n) is 10.9. The van der Waals surface area contributed by atoms with Crippen LogP contribution in [0.1, 0.15) is 12.8 Å². The van der Waals surface area contributed by atoms with Crippen LogP contribution >= 0.6 is 0 Å². The summed E-state index contributed by atoms with van der Waals surface area (Å²) in [5, 5.41) is 8.54. The van der Waals surface area contributed by atoms with Gasteiger partial charge in [0.25, 0.3) is 0 Å². The lowest BCUT2D eigenvalue weighted by molar-refractivity contribution is -0.213. The first kappa shape index (κ1) is 19.5. The smallest absolute Gasteiger partial charge is 0.177 e. The molecule has 0 atom stereocenters. The summed E-state index contributed by atoms with van der Waals surface area (Å²) in [5.74, 6) is -0.237. The lowest BCUT2D eigenvalue weighted by Gasteiger charge is -2.56. The van der Waals surface area contributed by atoms with Gasteiger partial charge in [-0.2, -0.15) is 0 Å². The molecule has 0 radical (unpaired) electrons. The Morgan fingerprint density at radius 3 is 2.45 bits per heavy atom. The van der Waals surface area contributed by atoms with Crippen molar-refractivity contribution >= 4 is 11.4 Å². The van der Waals surface area contributed by atoms with E-state index in [1.54, 1.807) is 10.7 Å². The zero-order valence-corrected chi connectivity index (χ0v) is 18.0. The van der Waals surface area contributed by atoms with Gasteiger partial charge in [0.15, 0.2) is 6.29 Å². The first-order chi connectivity index (χ1) is 14.9. The van der Waals surface area contributed by atoms with E-state index in [1.165, 1.54) is 12.8 Å². The van der Waals surface area contributed by atoms with E-state index in [1.807, 2.05) is 31.3 Å². The molecule has 0 amide bonds. The Morgan fingerprint density at radius 2 is 1.84 bits per heavy atom. The molecule has 1 aromatic carbocycles. The van der Waals surface area contributed by atoms with Crippen molar-refractivity contribution in [2.24, 2.45) is 10.8 Å². The fourth-order valence-electron chi connectivity index (χ4n) is 4.74. The monoisotopic (exact) mass is 429 g/mol. The van der Waals surface area contributed by atoms with Crippen LogP contribution in [0.2, 0.25) is 0 Å². The number of rotatable bonds is 5. The number of halogens is 1. The van der Waals surface area contributed by atoms with Crippen molar-refractivity contribution in [3.05, 3.63) is 24.1 Å². The highest BCUT2D eigenvalue weighted by Crippen LogP contribution is 2.48. The van der Waals surface area contributed by atoms with Crippen molar-refractivity contribution < 1.29 is 18.6 Å². The second kappa shape index (κ2) is 6.88. The normalized spacial score (nSPS) is 23.6. The minimum absolute atomic E-state index is 0.231. The number of nitrogens with zero attached hydrogens (tertiary/aromatic N) is 5. The average molecular weight is 429 g/mol. The quantitative estimate of drug-likeness (QED) is 0.722. The van der Waals surface area contributed by atoms with Crippen molar-refractivity contribution in [2.75, 3.05) is 63.4 Å². The van der Waals surface area contributed by atoms with Crippen LogP contribution in [0.15, 0.2) is 18.3 Å². The molecule has 0 N–H and O–H groups in total. The molecule has 31 heavy (non-hydrogen) atoms. The Balaban J connectivity index is 1.20. The lowest BCUT2D eigenvalue weighted by Crippen LogP contribution is -2.66. The largest absolute Gasteiger partial charge is 0.380 e. The van der Waals surface area contributed by atoms with Gasteiger partial charge in [-0.1, -0.05) is 5.21 Å². The molecule has 8 nitrogen and oxygen atoms in total. The van der Waals surface area contributed by atoms with E-state index in [0.29, 0.717) is 17.9 Å². The SMILES string of the molecule is CN(C)c1cc(N2CC3(COC3)C2)c(F)cc1-c1cn(CC2OCC3(CC3)CO2)nn1. The van der Waals surface area contributed by atoms with E-state index in [-0.39, 0.29) is 22.9 Å². The van der Waals surface area contributed by atoms with Crippen molar-refractivity contribution in [3.8, 4) is 11.3 Å². The van der Waals surface area contributed by atoms with Gasteiger partial charge >= 0.3 is 0 Å². The Bertz CT molecular complexity index is 983. The third kappa shape index (κ3) is 3.39. The molecule has 1 aliphatic carbocycles. The molecule has 2 aromatic rings. The standard InChI is InChI=1S/C22H28FN5O3/c1-26(2)18-6-19(27-9-22(10-27)11-29-12-22)16(23)5-15(18)17-7-28(25-24-17)8-20-30-13-21(3-4-21)14-31-20/h5-7,20H,3-4,8-14H2,1-2H3. The highest BCUT2D eigenvalue weighted by atomic mass is 19.1. The van der Waals surface area contributed by atoms with Crippen LogP contribution in [-0.4, -0.2) is 74.9 Å². The molecule has 4 heterocycles. The van der Waals surface area contributed by atoms with Gasteiger partial charge < -0.3 is 24.0 Å². The molecule has 4 fully saturated rings. The first-order valence-corrected chi connectivity index (χ1v) is 10.9. The number of anilines is 2. The highest BCUT2D eigenvalue weighted by molar-refractivity contribution is 5.80. The molecule has 3 saturated heterocycles. The van der Waals surface area contributed by atoms with Gasteiger partial charge in [-0.25, -0.2) is 9.07 Å². The van der Waals surface area contributed by atoms with Gasteiger partial charge in [-0.15, -0.1) is 5.10 Å². The predicted molar refractivity (Wildman–Crippen MR) is 113 cm³/mol. The predicted octanol–water partition coefficient (Wildman–Crippen LogP) is 2.14. The summed E-state index contributed by atoms with van der Waals surface area (Å²) in [7, 11) is 3.92. The van der Waals surface area contributed by atoms with Crippen LogP contribution in [0.25, 0.3) is 11.3 Å². The van der Waals surface area contributed by atoms with Crippen molar-refractivity contribution in [2.45, 2.75) is 25.7 Å². The lowest BCUT2D eigenvalue weighted by atomic mass is 9.77. The van der Waals surface area contributed by atoms with Gasteiger partial charge in [-0.05, 0) is 25.0 Å². The molecule has 0 unspecified atom stereocenters. The van der Waals surface area contributed by atoms with Crippen LogP contribution in [-0.2, 0) is 20.8 Å². The highest BCUT2D eigenvalue weighted by Gasteiger charge is 2.50. The summed E-state index contributed by atoms with van der Waals surface area (Å²) in [4.78, 5) is 4.08. The summed E-state index contributed by atoms with van der Waals surface area (Å²) >= 11 is 0. The minimum Gasteiger partial charge on any atom is -0.380 e. The second-order valence-electron chi connectivity index (χ2n) is 9.94. The fourth-order valence-corrected chi connectivity index (χ4v) is 4.74. The molecular formula is C22H28FN5O3. The number of hydrogen-bond donors (Lipinski definition) is 0. The summed E-state index contributed by atoms with van der Waals surface area (Å²) < 4.78 is 33.9. The molecule has 0 bridgehead atoms. The van der Waals surface area contributed by atoms with E-state index in [9.17, 15) is 0 Å². The zero-order chi connectivity index (χ0) is 21.2. The van der Waals surface area contributed by atoms with Crippen LogP contribution in [0.3, 0.4) is 0 Å². The Morgan fingerprint density at radius 1 is 1.10 bits per heavy atom. The van der Waals surface area contributed by atoms with Gasteiger partial charge in [-0.3, -0.25) is 0 Å². The summed E-state index contributed by atoms with van der Waals surface area (Å²) in [6.07, 6.45) is 3.89. The number of benzene rings is 1. The number of aromatic nitrogens is 3. The molecule has 6 rings (SSSR count). The second-order valence-corrected chi connectivity index (χ2v) is 9.94. The molecule has 166 valence electrons. The van der Waals surface area contributed by atoms with Gasteiger partial charge in [0.05, 0.1) is 50.3 Å². The third-order valence-electron chi connectivity index (χ3n) is 7.02. The van der Waals surface area contributed by atoms with Gasteiger partial charge in [0.2, 0.25) is 0 Å². The van der Waals surface area contributed by atoms with E-state index < -0.39 is 0 Å². The molecule has 1 aromatic heterocycles. The molecule has 9 heteroatoms. The van der Waals surface area contributed by atoms with E-state index in [0.717, 1.165) is 50.8 Å². The van der Waals surface area contributed by atoms with E-state index in [4.69, 9.17) is 14.2 Å². The summed E-state index contributed by atoms with van der Waals surface area (Å²) in [6, 6.07) is 3.49. The molecule has 2 spiro atoms. The maximum absolute atomic E-state index is 15.1. The molecular weight excluding hydrogens is 401 g/mol. The van der Waals surface area contributed by atoms with Gasteiger partial charge in [0, 0.05) is 43.9 Å². The van der Waals surface area contributed by atoms with Crippen LogP contribution in [0.4, 0.5) is 15.8 Å². The summed E-state index contributed by atoms with van der Waals surface area (Å²) in [5.41, 5.74) is 3.41. The van der Waals surface area contributed by atoms with Crippen LogP contribution in [0.5, 0.6) is 0 Å². The van der Waals surface area contributed by atoms with Crippen molar-refractivity contribution in [3.63, 3.8) is 0 Å². The summed E-state index contributed by atoms with van der Waals surface area (Å²) in [6.45, 7) is 5.22. The Hall–Kier alpha value is -2.23. The minimum atomic E-state index is -0.317. The maximum Gasteiger partial charge on any atom is 0.177 e. The van der Waals surface area contributed by atoms with Gasteiger partial charge in [0.1, 0.15) is 11.5 Å². The molecule has 1 saturated carbocycles. The number of ether oxygens (including phenoxy) is 3. The topological polar surface area (TPSA) is 64.9 Å². The van der Waals surface area contributed by atoms with Crippen molar-refractivity contribution in [1.82, 2.24) is 15.0 Å².